The number of amides is 2. The van der Waals surface area contributed by atoms with Gasteiger partial charge in [-0.25, -0.2) is 0 Å². The summed E-state index contributed by atoms with van der Waals surface area (Å²) < 4.78 is 39.4. The van der Waals surface area contributed by atoms with Gasteiger partial charge < -0.3 is 5.11 Å². The maximum absolute atomic E-state index is 13.8. The zero-order valence-corrected chi connectivity index (χ0v) is 22.2. The molecule has 6 rings (SSSR count). The van der Waals surface area contributed by atoms with Gasteiger partial charge in [0.25, 0.3) is 11.8 Å². The van der Waals surface area contributed by atoms with Crippen molar-refractivity contribution in [1.82, 2.24) is 4.90 Å². The van der Waals surface area contributed by atoms with Crippen LogP contribution in [-0.4, -0.2) is 22.5 Å². The van der Waals surface area contributed by atoms with E-state index in [1.807, 2.05) is 12.1 Å². The van der Waals surface area contributed by atoms with E-state index in [9.17, 15) is 32.7 Å². The van der Waals surface area contributed by atoms with Crippen LogP contribution in [-0.2, 0) is 23.2 Å². The van der Waals surface area contributed by atoms with E-state index >= 15 is 0 Å². The van der Waals surface area contributed by atoms with E-state index in [0.29, 0.717) is 23.3 Å². The Balaban J connectivity index is 0.00000353. The Morgan fingerprint density at radius 1 is 0.690 bits per heavy atom. The fourth-order valence-corrected chi connectivity index (χ4v) is 5.02. The normalized spacial score (nSPS) is 14.6. The van der Waals surface area contributed by atoms with E-state index in [0.717, 1.165) is 11.0 Å². The van der Waals surface area contributed by atoms with Gasteiger partial charge in [-0.2, -0.15) is 13.2 Å². The molecule has 0 saturated heterocycles. The monoisotopic (exact) mass is 615 g/mol. The van der Waals surface area contributed by atoms with Crippen LogP contribution in [0.25, 0.3) is 5.76 Å². The molecule has 0 aromatic heterocycles. The fraction of sp³-hybridized carbons (Fsp3) is 0.0645. The van der Waals surface area contributed by atoms with E-state index < -0.39 is 52.4 Å². The molecule has 11 heteroatoms. The number of carbonyl (C=O) groups is 3. The zero-order chi connectivity index (χ0) is 28.9. The van der Waals surface area contributed by atoms with E-state index in [2.05, 4.69) is 10.2 Å². The first-order valence-electron chi connectivity index (χ1n) is 12.4. The molecule has 42 heavy (non-hydrogen) atoms. The molecule has 1 aliphatic carbocycles. The Kier molecular flexibility index (Phi) is 7.40. The van der Waals surface area contributed by atoms with Crippen LogP contribution in [0.2, 0.25) is 0 Å². The van der Waals surface area contributed by atoms with Crippen molar-refractivity contribution in [2.75, 3.05) is 0 Å². The summed E-state index contributed by atoms with van der Waals surface area (Å²) in [5, 5.41) is 20.5. The first-order chi connectivity index (χ1) is 19.7. The fourth-order valence-electron chi connectivity index (χ4n) is 5.02. The number of rotatable bonds is 5. The molecule has 1 radical (unpaired) electrons. The summed E-state index contributed by atoms with van der Waals surface area (Å²) in [5.41, 5.74) is -1.07. The molecule has 0 atom stereocenters. The Labute approximate surface area is 247 Å². The van der Waals surface area contributed by atoms with E-state index in [-0.39, 0.29) is 39.4 Å². The molecule has 0 saturated carbocycles. The number of benzene rings is 4. The standard InChI is InChI=1S/C31H18F3N3O4.Cu/c32-31(33,34)19-14-15-20-22(16-19)28(39)25(27(20)38)36-35-23-13-7-12-21-24(23)30(41)37(29(21)40)26(17-8-3-1-4-9-17)18-10-5-2-6-11-18;/h1-16,26,39H;/q;+2/p-1. The maximum Gasteiger partial charge on any atom is 2.00 e. The summed E-state index contributed by atoms with van der Waals surface area (Å²) in [5.74, 6) is -3.10. The van der Waals surface area contributed by atoms with Crippen molar-refractivity contribution >= 4 is 29.0 Å². The minimum absolute atomic E-state index is 0. The molecule has 4 aromatic carbocycles. The van der Waals surface area contributed by atoms with Crippen LogP contribution in [0, 0.1) is 0 Å². The molecule has 0 unspecified atom stereocenters. The van der Waals surface area contributed by atoms with Gasteiger partial charge in [0.2, 0.25) is 5.78 Å². The number of hydrogen-bond acceptors (Lipinski definition) is 6. The predicted molar refractivity (Wildman–Crippen MR) is 139 cm³/mol. The molecule has 0 N–H and O–H groups in total. The SMILES string of the molecule is O=C1C(N=Nc2cccc3c2C(=O)N(C(c2ccccc2)c2ccccc2)C3=O)=C([O-])c2cc(C(F)(F)F)ccc21.[Cu+2]. The molecule has 7 nitrogen and oxygen atoms in total. The van der Waals surface area contributed by atoms with Gasteiger partial charge in [0.05, 0.1) is 28.4 Å². The quantitative estimate of drug-likeness (QED) is 0.154. The molecule has 0 bridgehead atoms. The summed E-state index contributed by atoms with van der Waals surface area (Å²) in [4.78, 5) is 41.3. The number of fused-ring (bicyclic) bond motifs is 2. The van der Waals surface area contributed by atoms with Gasteiger partial charge in [-0.1, -0.05) is 72.5 Å². The molecule has 1 heterocycles. The maximum atomic E-state index is 13.8. The summed E-state index contributed by atoms with van der Waals surface area (Å²) in [7, 11) is 0. The number of Topliss-reactive ketones (excluding diaryl/α,β-unsaturated/α-hetero) is 1. The smallest absolute Gasteiger partial charge is 0.870 e. The van der Waals surface area contributed by atoms with E-state index in [1.165, 1.54) is 18.2 Å². The van der Waals surface area contributed by atoms with Crippen molar-refractivity contribution in [2.45, 2.75) is 12.2 Å². The number of imide groups is 1. The van der Waals surface area contributed by atoms with Crippen LogP contribution in [0.15, 0.2) is 113 Å². The van der Waals surface area contributed by atoms with Crippen LogP contribution in [0.5, 0.6) is 0 Å². The van der Waals surface area contributed by atoms with Crippen molar-refractivity contribution in [1.29, 1.82) is 0 Å². The zero-order valence-electron chi connectivity index (χ0n) is 21.2. The average Bonchev–Trinajstić information content (AvgIpc) is 3.37. The van der Waals surface area contributed by atoms with Crippen molar-refractivity contribution in [3.05, 3.63) is 142 Å². The third kappa shape index (κ3) is 4.72. The number of alkyl halides is 3. The van der Waals surface area contributed by atoms with Crippen LogP contribution in [0.3, 0.4) is 0 Å². The largest absolute Gasteiger partial charge is 2.00 e. The molecule has 2 amide bonds. The van der Waals surface area contributed by atoms with Gasteiger partial charge in [0.1, 0.15) is 5.70 Å². The topological polar surface area (TPSA) is 102 Å². The Bertz CT molecular complexity index is 1770. The molecule has 0 spiro atoms. The van der Waals surface area contributed by atoms with Gasteiger partial charge in [-0.15, -0.1) is 10.2 Å². The number of nitrogens with zero attached hydrogens (tertiary/aromatic N) is 3. The molecule has 0 fully saturated rings. The second-order valence-corrected chi connectivity index (χ2v) is 9.37. The van der Waals surface area contributed by atoms with Gasteiger partial charge >= 0.3 is 23.2 Å². The average molecular weight is 616 g/mol. The van der Waals surface area contributed by atoms with Crippen molar-refractivity contribution in [3.63, 3.8) is 0 Å². The van der Waals surface area contributed by atoms with Crippen molar-refractivity contribution in [3.8, 4) is 0 Å². The molecule has 2 aliphatic rings. The Morgan fingerprint density at radius 2 is 1.31 bits per heavy atom. The first-order valence-corrected chi connectivity index (χ1v) is 12.4. The van der Waals surface area contributed by atoms with Gasteiger partial charge in [-0.05, 0) is 47.0 Å². The minimum atomic E-state index is -4.71. The Morgan fingerprint density at radius 3 is 1.90 bits per heavy atom. The van der Waals surface area contributed by atoms with Gasteiger partial charge in [0, 0.05) is 5.56 Å². The van der Waals surface area contributed by atoms with Gasteiger partial charge in [-0.3, -0.25) is 19.3 Å². The third-order valence-corrected chi connectivity index (χ3v) is 6.94. The summed E-state index contributed by atoms with van der Waals surface area (Å²) in [6.07, 6.45) is -4.71. The molecule has 4 aromatic rings. The summed E-state index contributed by atoms with van der Waals surface area (Å²) >= 11 is 0. The van der Waals surface area contributed by atoms with Crippen molar-refractivity contribution in [2.24, 2.45) is 10.2 Å². The molecular formula is C31H17CuF3N3O4+. The third-order valence-electron chi connectivity index (χ3n) is 6.94. The van der Waals surface area contributed by atoms with Crippen LogP contribution >= 0.6 is 0 Å². The number of allylic oxidation sites excluding steroid dienone is 1. The van der Waals surface area contributed by atoms with Gasteiger partial charge in [0.15, 0.2) is 0 Å². The summed E-state index contributed by atoms with van der Waals surface area (Å²) in [6.45, 7) is 0. The predicted octanol–water partition coefficient (Wildman–Crippen LogP) is 6.10. The Hall–Kier alpha value is -4.86. The van der Waals surface area contributed by atoms with Crippen LogP contribution < -0.4 is 5.11 Å². The van der Waals surface area contributed by atoms with Crippen LogP contribution in [0.1, 0.15) is 59.4 Å². The molecular weight excluding hydrogens is 599 g/mol. The second-order valence-electron chi connectivity index (χ2n) is 9.37. The number of azo groups is 1. The number of carbonyl (C=O) groups excluding carboxylic acids is 3. The molecule has 211 valence electrons. The second kappa shape index (κ2) is 10.8. The van der Waals surface area contributed by atoms with Crippen molar-refractivity contribution < 1.29 is 49.7 Å². The number of halogens is 3. The minimum Gasteiger partial charge on any atom is -0.870 e. The number of ketones is 1. The summed E-state index contributed by atoms with van der Waals surface area (Å²) in [6, 6.07) is 23.9. The molecule has 1 aliphatic heterocycles. The van der Waals surface area contributed by atoms with E-state index in [1.54, 1.807) is 48.5 Å². The first kappa shape index (κ1) is 28.7. The van der Waals surface area contributed by atoms with E-state index in [4.69, 9.17) is 0 Å². The number of hydrogen-bond donors (Lipinski definition) is 0. The van der Waals surface area contributed by atoms with Crippen LogP contribution in [0.4, 0.5) is 18.9 Å².